The number of carbonyl (C=O) groups is 2. The second-order valence-electron chi connectivity index (χ2n) is 4.05. The fourth-order valence-electron chi connectivity index (χ4n) is 1.88. The summed E-state index contributed by atoms with van der Waals surface area (Å²) in [5.41, 5.74) is 6.73. The van der Waals surface area contributed by atoms with E-state index >= 15 is 0 Å². The summed E-state index contributed by atoms with van der Waals surface area (Å²) in [6.07, 6.45) is 0.385. The molecule has 1 amide bonds. The molecule has 6 heteroatoms. The van der Waals surface area contributed by atoms with Gasteiger partial charge in [-0.25, -0.2) is 0 Å². The van der Waals surface area contributed by atoms with Gasteiger partial charge in [-0.1, -0.05) is 6.92 Å². The molecule has 0 atom stereocenters. The number of anilines is 2. The average molecular weight is 283 g/mol. The first-order valence-electron chi connectivity index (χ1n) is 6.44. The van der Waals surface area contributed by atoms with E-state index in [-0.39, 0.29) is 11.7 Å². The number of hydrogen-bond acceptors (Lipinski definition) is 5. The number of nitrogens with zero attached hydrogens (tertiary/aromatic N) is 1. The highest BCUT2D eigenvalue weighted by atomic mass is 32.1. The number of carbonyl (C=O) groups excluding carboxylic acids is 2. The summed E-state index contributed by atoms with van der Waals surface area (Å²) >= 11 is 1.31. The van der Waals surface area contributed by atoms with E-state index in [1.54, 1.807) is 14.0 Å². The van der Waals surface area contributed by atoms with Crippen molar-refractivity contribution in [3.8, 4) is 0 Å². The van der Waals surface area contributed by atoms with Crippen LogP contribution in [0, 0.1) is 0 Å². The largest absolute Gasteiger partial charge is 0.397 e. The number of thiophene rings is 1. The lowest BCUT2D eigenvalue weighted by molar-refractivity contribution is 0.0964. The van der Waals surface area contributed by atoms with Crippen molar-refractivity contribution in [3.63, 3.8) is 0 Å². The molecule has 106 valence electrons. The molecule has 0 saturated heterocycles. The van der Waals surface area contributed by atoms with Crippen LogP contribution in [0.4, 0.5) is 10.7 Å². The van der Waals surface area contributed by atoms with Gasteiger partial charge in [-0.15, -0.1) is 11.3 Å². The Hall–Kier alpha value is -1.56. The van der Waals surface area contributed by atoms with Gasteiger partial charge in [0.25, 0.3) is 5.91 Å². The van der Waals surface area contributed by atoms with E-state index in [1.165, 1.54) is 11.3 Å². The highest BCUT2D eigenvalue weighted by Crippen LogP contribution is 2.38. The van der Waals surface area contributed by atoms with Crippen LogP contribution < -0.4 is 16.0 Å². The zero-order valence-corrected chi connectivity index (χ0v) is 12.7. The maximum atomic E-state index is 12.0. The van der Waals surface area contributed by atoms with Gasteiger partial charge in [0.2, 0.25) is 0 Å². The van der Waals surface area contributed by atoms with Gasteiger partial charge < -0.3 is 16.0 Å². The lowest BCUT2D eigenvalue weighted by Gasteiger charge is -2.20. The highest BCUT2D eigenvalue weighted by molar-refractivity contribution is 7.19. The smallest absolute Gasteiger partial charge is 0.256 e. The molecule has 0 fully saturated rings. The summed E-state index contributed by atoms with van der Waals surface area (Å²) in [5, 5.41) is 3.36. The first kappa shape index (κ1) is 15.5. The molecule has 0 bridgehead atoms. The predicted molar refractivity (Wildman–Crippen MR) is 80.3 cm³/mol. The Morgan fingerprint density at radius 2 is 1.84 bits per heavy atom. The molecule has 0 aliphatic carbocycles. The van der Waals surface area contributed by atoms with Crippen LogP contribution in [0.5, 0.6) is 0 Å². The molecule has 5 nitrogen and oxygen atoms in total. The highest BCUT2D eigenvalue weighted by Gasteiger charge is 2.26. The van der Waals surface area contributed by atoms with E-state index in [2.05, 4.69) is 5.32 Å². The SMILES string of the molecule is CCC(=O)c1sc(N(CC)CC)c(C(=O)NC)c1N. The molecule has 3 N–H and O–H groups in total. The maximum Gasteiger partial charge on any atom is 0.256 e. The molecule has 0 aliphatic heterocycles. The van der Waals surface area contributed by atoms with E-state index in [1.807, 2.05) is 18.7 Å². The van der Waals surface area contributed by atoms with Gasteiger partial charge in [-0.2, -0.15) is 0 Å². The van der Waals surface area contributed by atoms with Crippen LogP contribution in [0.1, 0.15) is 47.2 Å². The number of ketones is 1. The summed E-state index contributed by atoms with van der Waals surface area (Å²) < 4.78 is 0. The summed E-state index contributed by atoms with van der Waals surface area (Å²) in [5.74, 6) is -0.267. The molecular weight excluding hydrogens is 262 g/mol. The lowest BCUT2D eigenvalue weighted by Crippen LogP contribution is -2.26. The third-order valence-electron chi connectivity index (χ3n) is 3.01. The van der Waals surface area contributed by atoms with Gasteiger partial charge in [0.15, 0.2) is 5.78 Å². The van der Waals surface area contributed by atoms with Gasteiger partial charge in [-0.3, -0.25) is 9.59 Å². The second kappa shape index (κ2) is 6.56. The zero-order chi connectivity index (χ0) is 14.6. The van der Waals surface area contributed by atoms with Gasteiger partial charge in [0, 0.05) is 26.6 Å². The summed E-state index contributed by atoms with van der Waals surface area (Å²) in [6, 6.07) is 0. The van der Waals surface area contributed by atoms with Gasteiger partial charge in [0.1, 0.15) is 5.00 Å². The fraction of sp³-hybridized carbons (Fsp3) is 0.538. The van der Waals surface area contributed by atoms with Crippen molar-refractivity contribution in [1.29, 1.82) is 0 Å². The van der Waals surface area contributed by atoms with Crippen molar-refractivity contribution in [2.75, 3.05) is 30.8 Å². The quantitative estimate of drug-likeness (QED) is 0.784. The monoisotopic (exact) mass is 283 g/mol. The third-order valence-corrected chi connectivity index (χ3v) is 4.31. The van der Waals surface area contributed by atoms with E-state index in [0.717, 1.165) is 18.1 Å². The van der Waals surface area contributed by atoms with E-state index < -0.39 is 0 Å². The predicted octanol–water partition coefficient (Wildman–Crippen LogP) is 2.13. The van der Waals surface area contributed by atoms with Crippen LogP contribution in [0.15, 0.2) is 0 Å². The molecule has 0 aromatic carbocycles. The van der Waals surface area contributed by atoms with Crippen LogP contribution in [-0.2, 0) is 0 Å². The molecule has 0 radical (unpaired) electrons. The molecule has 0 aliphatic rings. The lowest BCUT2D eigenvalue weighted by atomic mass is 10.1. The van der Waals surface area contributed by atoms with Crippen LogP contribution >= 0.6 is 11.3 Å². The van der Waals surface area contributed by atoms with E-state index in [9.17, 15) is 9.59 Å². The van der Waals surface area contributed by atoms with Crippen molar-refractivity contribution in [2.24, 2.45) is 0 Å². The van der Waals surface area contributed by atoms with Crippen LogP contribution in [0.3, 0.4) is 0 Å². The molecule has 1 aromatic rings. The molecule has 1 heterocycles. The molecule has 1 aromatic heterocycles. The van der Waals surface area contributed by atoms with Crippen molar-refractivity contribution in [1.82, 2.24) is 5.32 Å². The number of hydrogen-bond donors (Lipinski definition) is 2. The maximum absolute atomic E-state index is 12.0. The number of nitrogens with two attached hydrogens (primary N) is 1. The standard InChI is InChI=1S/C13H21N3O2S/c1-5-8(17)11-10(14)9(12(18)15-4)13(19-11)16(6-2)7-3/h5-7,14H2,1-4H3,(H,15,18). The molecule has 1 rings (SSSR count). The van der Waals surface area contributed by atoms with E-state index in [4.69, 9.17) is 5.73 Å². The number of Topliss-reactive ketones (excluding diaryl/α,β-unsaturated/α-hetero) is 1. The van der Waals surface area contributed by atoms with Crippen LogP contribution in [0.25, 0.3) is 0 Å². The molecule has 19 heavy (non-hydrogen) atoms. The molecular formula is C13H21N3O2S. The van der Waals surface area contributed by atoms with E-state index in [0.29, 0.717) is 22.5 Å². The van der Waals surface area contributed by atoms with Gasteiger partial charge in [-0.05, 0) is 13.8 Å². The Labute approximate surface area is 117 Å². The number of rotatable bonds is 6. The Morgan fingerprint density at radius 3 is 2.26 bits per heavy atom. The molecule has 0 unspecified atom stereocenters. The van der Waals surface area contributed by atoms with Crippen molar-refractivity contribution < 1.29 is 9.59 Å². The minimum atomic E-state index is -0.245. The fourth-order valence-corrected chi connectivity index (χ4v) is 3.23. The van der Waals surface area contributed by atoms with Crippen LogP contribution in [-0.4, -0.2) is 31.8 Å². The first-order valence-corrected chi connectivity index (χ1v) is 7.25. The average Bonchev–Trinajstić information content (AvgIpc) is 2.76. The molecule has 0 spiro atoms. The number of nitrogen functional groups attached to an aromatic ring is 1. The summed E-state index contributed by atoms with van der Waals surface area (Å²) in [6.45, 7) is 7.33. The minimum absolute atomic E-state index is 0.0222. The van der Waals surface area contributed by atoms with Gasteiger partial charge >= 0.3 is 0 Å². The first-order chi connectivity index (χ1) is 9.01. The Morgan fingerprint density at radius 1 is 1.26 bits per heavy atom. The zero-order valence-electron chi connectivity index (χ0n) is 11.9. The summed E-state index contributed by atoms with van der Waals surface area (Å²) in [7, 11) is 1.56. The Kier molecular flexibility index (Phi) is 5.35. The van der Waals surface area contributed by atoms with Crippen LogP contribution in [0.2, 0.25) is 0 Å². The second-order valence-corrected chi connectivity index (χ2v) is 5.05. The summed E-state index contributed by atoms with van der Waals surface area (Å²) in [4.78, 5) is 26.4. The normalized spacial score (nSPS) is 10.3. The number of nitrogens with one attached hydrogen (secondary N) is 1. The molecule has 0 saturated carbocycles. The Balaban J connectivity index is 3.43. The minimum Gasteiger partial charge on any atom is -0.397 e. The topological polar surface area (TPSA) is 75.4 Å². The van der Waals surface area contributed by atoms with Crippen molar-refractivity contribution in [2.45, 2.75) is 27.2 Å². The third kappa shape index (κ3) is 2.89. The van der Waals surface area contributed by atoms with Gasteiger partial charge in [0.05, 0.1) is 16.1 Å². The number of amides is 1. The van der Waals surface area contributed by atoms with Crippen molar-refractivity contribution >= 4 is 33.7 Å². The van der Waals surface area contributed by atoms with Crippen molar-refractivity contribution in [3.05, 3.63) is 10.4 Å². The Bertz CT molecular complexity index is 478.